The Morgan fingerprint density at radius 3 is 2.56 bits per heavy atom. The summed E-state index contributed by atoms with van der Waals surface area (Å²) in [6, 6.07) is 8.20. The Balaban J connectivity index is 1.77. The number of piperidine rings is 1. The van der Waals surface area contributed by atoms with Crippen LogP contribution >= 0.6 is 22.6 Å². The lowest BCUT2D eigenvalue weighted by Crippen LogP contribution is -2.40. The number of rotatable bonds is 4. The van der Waals surface area contributed by atoms with Crippen LogP contribution in [0.5, 0.6) is 5.75 Å². The lowest BCUT2D eigenvalue weighted by atomic mass is 9.92. The van der Waals surface area contributed by atoms with Crippen molar-refractivity contribution in [3.05, 3.63) is 27.8 Å². The molecule has 1 heterocycles. The lowest BCUT2D eigenvalue weighted by molar-refractivity contribution is 0.120. The molecular formula is C15H22INO. The molecule has 1 aliphatic rings. The second kappa shape index (κ2) is 6.75. The van der Waals surface area contributed by atoms with Crippen LogP contribution in [0.4, 0.5) is 0 Å². The zero-order valence-electron chi connectivity index (χ0n) is 11.2. The van der Waals surface area contributed by atoms with E-state index in [9.17, 15) is 0 Å². The fourth-order valence-corrected chi connectivity index (χ4v) is 3.36. The van der Waals surface area contributed by atoms with E-state index in [4.69, 9.17) is 4.74 Å². The first-order valence-corrected chi connectivity index (χ1v) is 7.82. The van der Waals surface area contributed by atoms with Gasteiger partial charge in [0.05, 0.1) is 3.57 Å². The molecule has 1 aromatic carbocycles. The van der Waals surface area contributed by atoms with Crippen molar-refractivity contribution in [2.45, 2.75) is 20.3 Å². The van der Waals surface area contributed by atoms with E-state index in [1.165, 1.54) is 23.1 Å². The van der Waals surface area contributed by atoms with Gasteiger partial charge in [-0.15, -0.1) is 0 Å². The van der Waals surface area contributed by atoms with Crippen molar-refractivity contribution in [3.8, 4) is 5.75 Å². The molecule has 2 unspecified atom stereocenters. The van der Waals surface area contributed by atoms with Crippen LogP contribution in [0.1, 0.15) is 20.3 Å². The van der Waals surface area contributed by atoms with Gasteiger partial charge in [0, 0.05) is 19.6 Å². The average molecular weight is 359 g/mol. The highest BCUT2D eigenvalue weighted by atomic mass is 127. The number of nitrogens with zero attached hydrogens (tertiary/aromatic N) is 1. The van der Waals surface area contributed by atoms with E-state index in [1.54, 1.807) is 0 Å². The van der Waals surface area contributed by atoms with E-state index in [1.807, 2.05) is 18.2 Å². The van der Waals surface area contributed by atoms with Gasteiger partial charge in [0.1, 0.15) is 12.4 Å². The average Bonchev–Trinajstić information content (AvgIpc) is 2.30. The molecule has 0 aromatic heterocycles. The maximum atomic E-state index is 5.86. The molecule has 18 heavy (non-hydrogen) atoms. The van der Waals surface area contributed by atoms with Crippen molar-refractivity contribution < 1.29 is 4.74 Å². The van der Waals surface area contributed by atoms with Crippen LogP contribution in [0.3, 0.4) is 0 Å². The molecule has 1 fully saturated rings. The van der Waals surface area contributed by atoms with Gasteiger partial charge in [0.15, 0.2) is 0 Å². The molecule has 2 nitrogen and oxygen atoms in total. The van der Waals surface area contributed by atoms with Gasteiger partial charge in [-0.05, 0) is 53.0 Å². The third-order valence-corrected chi connectivity index (χ3v) is 4.34. The van der Waals surface area contributed by atoms with E-state index in [0.717, 1.165) is 30.7 Å². The maximum absolute atomic E-state index is 5.86. The van der Waals surface area contributed by atoms with Gasteiger partial charge in [0.2, 0.25) is 0 Å². The summed E-state index contributed by atoms with van der Waals surface area (Å²) in [6.07, 6.45) is 1.37. The summed E-state index contributed by atoms with van der Waals surface area (Å²) in [5, 5.41) is 0. The monoisotopic (exact) mass is 359 g/mol. The number of hydrogen-bond donors (Lipinski definition) is 0. The molecule has 0 spiro atoms. The molecule has 1 saturated heterocycles. The Labute approximate surface area is 124 Å². The first-order valence-electron chi connectivity index (χ1n) is 6.75. The fraction of sp³-hybridized carbons (Fsp3) is 0.600. The van der Waals surface area contributed by atoms with Gasteiger partial charge in [0.25, 0.3) is 0 Å². The van der Waals surface area contributed by atoms with Gasteiger partial charge in [-0.1, -0.05) is 26.0 Å². The predicted octanol–water partition coefficient (Wildman–Crippen LogP) is 3.65. The van der Waals surface area contributed by atoms with Crippen molar-refractivity contribution in [2.24, 2.45) is 11.8 Å². The molecule has 2 atom stereocenters. The van der Waals surface area contributed by atoms with Crippen LogP contribution in [0.2, 0.25) is 0 Å². The summed E-state index contributed by atoms with van der Waals surface area (Å²) < 4.78 is 7.05. The van der Waals surface area contributed by atoms with Crippen LogP contribution in [0, 0.1) is 15.4 Å². The van der Waals surface area contributed by atoms with E-state index in [0.29, 0.717) is 0 Å². The summed E-state index contributed by atoms with van der Waals surface area (Å²) in [4.78, 5) is 2.54. The predicted molar refractivity (Wildman–Crippen MR) is 84.0 cm³/mol. The molecule has 0 radical (unpaired) electrons. The van der Waals surface area contributed by atoms with Crippen molar-refractivity contribution in [3.63, 3.8) is 0 Å². The normalized spacial score (nSPS) is 25.1. The first-order chi connectivity index (χ1) is 8.65. The maximum Gasteiger partial charge on any atom is 0.132 e. The van der Waals surface area contributed by atoms with E-state index < -0.39 is 0 Å². The molecule has 0 bridgehead atoms. The standard InChI is InChI=1S/C15H22INO/c1-12-9-13(2)11-17(10-12)7-8-18-15-6-4-3-5-14(15)16/h3-6,12-13H,7-11H2,1-2H3. The third-order valence-electron chi connectivity index (χ3n) is 3.45. The Kier molecular flexibility index (Phi) is 5.30. The molecule has 0 saturated carbocycles. The molecule has 2 rings (SSSR count). The van der Waals surface area contributed by atoms with Crippen LogP contribution in [0.15, 0.2) is 24.3 Å². The van der Waals surface area contributed by atoms with Crippen LogP contribution in [-0.4, -0.2) is 31.1 Å². The zero-order valence-corrected chi connectivity index (χ0v) is 13.4. The van der Waals surface area contributed by atoms with Crippen molar-refractivity contribution in [2.75, 3.05) is 26.2 Å². The SMILES string of the molecule is CC1CC(C)CN(CCOc2ccccc2I)C1. The number of halogens is 1. The molecule has 1 aliphatic heterocycles. The minimum atomic E-state index is 0.791. The summed E-state index contributed by atoms with van der Waals surface area (Å²) in [5.41, 5.74) is 0. The van der Waals surface area contributed by atoms with Crippen molar-refractivity contribution in [1.29, 1.82) is 0 Å². The minimum Gasteiger partial charge on any atom is -0.491 e. The molecule has 0 aliphatic carbocycles. The molecular weight excluding hydrogens is 337 g/mol. The van der Waals surface area contributed by atoms with Crippen LogP contribution in [-0.2, 0) is 0 Å². The number of hydrogen-bond acceptors (Lipinski definition) is 2. The molecule has 100 valence electrons. The van der Waals surface area contributed by atoms with Crippen molar-refractivity contribution in [1.82, 2.24) is 4.90 Å². The largest absolute Gasteiger partial charge is 0.491 e. The topological polar surface area (TPSA) is 12.5 Å². The van der Waals surface area contributed by atoms with Crippen LogP contribution in [0.25, 0.3) is 0 Å². The Morgan fingerprint density at radius 2 is 1.89 bits per heavy atom. The number of benzene rings is 1. The molecule has 1 aromatic rings. The highest BCUT2D eigenvalue weighted by Gasteiger charge is 2.21. The third kappa shape index (κ3) is 4.12. The molecule has 0 N–H and O–H groups in total. The van der Waals surface area contributed by atoms with E-state index in [2.05, 4.69) is 47.4 Å². The lowest BCUT2D eigenvalue weighted by Gasteiger charge is -2.34. The summed E-state index contributed by atoms with van der Waals surface area (Å²) in [6.45, 7) is 8.98. The second-order valence-electron chi connectivity index (χ2n) is 5.48. The number of para-hydroxylation sites is 1. The van der Waals surface area contributed by atoms with Gasteiger partial charge in [-0.3, -0.25) is 4.90 Å². The zero-order chi connectivity index (χ0) is 13.0. The molecule has 3 heteroatoms. The first kappa shape index (κ1) is 14.1. The fourth-order valence-electron chi connectivity index (χ4n) is 2.82. The van der Waals surface area contributed by atoms with E-state index >= 15 is 0 Å². The Hall–Kier alpha value is -0.290. The second-order valence-corrected chi connectivity index (χ2v) is 6.65. The Morgan fingerprint density at radius 1 is 1.22 bits per heavy atom. The molecule has 0 amide bonds. The summed E-state index contributed by atoms with van der Waals surface area (Å²) in [5.74, 6) is 2.66. The minimum absolute atomic E-state index is 0.791. The number of ether oxygens (including phenoxy) is 1. The van der Waals surface area contributed by atoms with E-state index in [-0.39, 0.29) is 0 Å². The highest BCUT2D eigenvalue weighted by molar-refractivity contribution is 14.1. The quantitative estimate of drug-likeness (QED) is 0.761. The van der Waals surface area contributed by atoms with Gasteiger partial charge in [-0.25, -0.2) is 0 Å². The highest BCUT2D eigenvalue weighted by Crippen LogP contribution is 2.22. The van der Waals surface area contributed by atoms with Gasteiger partial charge in [-0.2, -0.15) is 0 Å². The van der Waals surface area contributed by atoms with Crippen molar-refractivity contribution >= 4 is 22.6 Å². The van der Waals surface area contributed by atoms with Gasteiger partial charge < -0.3 is 4.74 Å². The number of likely N-dealkylation sites (tertiary alicyclic amines) is 1. The van der Waals surface area contributed by atoms with Crippen LogP contribution < -0.4 is 4.74 Å². The summed E-state index contributed by atoms with van der Waals surface area (Å²) >= 11 is 2.32. The summed E-state index contributed by atoms with van der Waals surface area (Å²) in [7, 11) is 0. The van der Waals surface area contributed by atoms with Gasteiger partial charge >= 0.3 is 0 Å². The smallest absolute Gasteiger partial charge is 0.132 e. The Bertz CT molecular complexity index is 373.